The molecule has 0 bridgehead atoms. The zero-order valence-corrected chi connectivity index (χ0v) is 23.9. The van der Waals surface area contributed by atoms with Crippen molar-refractivity contribution in [2.75, 3.05) is 6.54 Å². The summed E-state index contributed by atoms with van der Waals surface area (Å²) >= 11 is 16.1. The lowest BCUT2D eigenvalue weighted by Crippen LogP contribution is -2.37. The molecule has 1 aromatic carbocycles. The molecule has 1 amide bonds. The normalized spacial score (nSPS) is 19.4. The average Bonchev–Trinajstić information content (AvgIpc) is 2.85. The third-order valence-electron chi connectivity index (χ3n) is 6.66. The Kier molecular flexibility index (Phi) is 10.7. The summed E-state index contributed by atoms with van der Waals surface area (Å²) in [6.45, 7) is 3.51. The molecule has 1 aliphatic carbocycles. The molecule has 10 heteroatoms. The van der Waals surface area contributed by atoms with Gasteiger partial charge in [-0.05, 0) is 51.2 Å². The maximum Gasteiger partial charge on any atom is 0.257 e. The summed E-state index contributed by atoms with van der Waals surface area (Å²) in [6.07, 6.45) is 6.04. The van der Waals surface area contributed by atoms with Crippen molar-refractivity contribution >= 4 is 56.5 Å². The van der Waals surface area contributed by atoms with Crippen molar-refractivity contribution in [2.45, 2.75) is 58.2 Å². The summed E-state index contributed by atoms with van der Waals surface area (Å²) in [7, 11) is 0. The first kappa shape index (κ1) is 29.3. The summed E-state index contributed by atoms with van der Waals surface area (Å²) < 4.78 is 0.827. The SMILES string of the molecule is CC(=O)C1CCC(N=C(C)C(=CN)C(=O)N(Cc2ccccc2Br)CC(O)c2c(Cl)cncc2Cl)CC1. The van der Waals surface area contributed by atoms with Crippen LogP contribution in [0.3, 0.4) is 0 Å². The van der Waals surface area contributed by atoms with Gasteiger partial charge in [-0.1, -0.05) is 57.3 Å². The van der Waals surface area contributed by atoms with Crippen molar-refractivity contribution in [3.8, 4) is 0 Å². The molecule has 1 aliphatic rings. The minimum Gasteiger partial charge on any atom is -0.404 e. The Hall–Kier alpha value is -2.26. The van der Waals surface area contributed by atoms with E-state index in [9.17, 15) is 14.7 Å². The second-order valence-electron chi connectivity index (χ2n) is 9.22. The van der Waals surface area contributed by atoms with Crippen molar-refractivity contribution < 1.29 is 14.7 Å². The van der Waals surface area contributed by atoms with Gasteiger partial charge in [0.05, 0.1) is 34.3 Å². The molecule has 0 aliphatic heterocycles. The van der Waals surface area contributed by atoms with Gasteiger partial charge in [-0.25, -0.2) is 0 Å². The maximum absolute atomic E-state index is 13.8. The molecule has 2 aromatic rings. The number of hydrogen-bond acceptors (Lipinski definition) is 6. The molecule has 0 saturated heterocycles. The number of rotatable bonds is 9. The van der Waals surface area contributed by atoms with Crippen LogP contribution in [0, 0.1) is 5.92 Å². The second-order valence-corrected chi connectivity index (χ2v) is 10.9. The Morgan fingerprint density at radius 2 is 1.81 bits per heavy atom. The lowest BCUT2D eigenvalue weighted by Gasteiger charge is -2.28. The monoisotopic (exact) mass is 608 g/mol. The fraction of sp³-hybridized carbons (Fsp3) is 0.407. The van der Waals surface area contributed by atoms with Crippen LogP contribution >= 0.6 is 39.1 Å². The number of pyridine rings is 1. The predicted octanol–water partition coefficient (Wildman–Crippen LogP) is 5.66. The van der Waals surface area contributed by atoms with Crippen LogP contribution in [0.25, 0.3) is 0 Å². The van der Waals surface area contributed by atoms with Crippen LogP contribution in [-0.2, 0) is 16.1 Å². The van der Waals surface area contributed by atoms with E-state index in [0.717, 1.165) is 35.7 Å². The number of hydrogen-bond donors (Lipinski definition) is 2. The summed E-state index contributed by atoms with van der Waals surface area (Å²) in [5.41, 5.74) is 7.85. The van der Waals surface area contributed by atoms with Crippen molar-refractivity contribution in [1.82, 2.24) is 9.88 Å². The summed E-state index contributed by atoms with van der Waals surface area (Å²) in [5.74, 6) is -0.0733. The summed E-state index contributed by atoms with van der Waals surface area (Å²) in [6, 6.07) is 7.56. The Morgan fingerprint density at radius 1 is 1.19 bits per heavy atom. The van der Waals surface area contributed by atoms with E-state index < -0.39 is 6.10 Å². The predicted molar refractivity (Wildman–Crippen MR) is 151 cm³/mol. The number of Topliss-reactive ketones (excluding diaryl/α,β-unsaturated/α-hetero) is 1. The molecule has 198 valence electrons. The van der Waals surface area contributed by atoms with E-state index in [4.69, 9.17) is 33.9 Å². The highest BCUT2D eigenvalue weighted by molar-refractivity contribution is 9.10. The van der Waals surface area contributed by atoms with Crippen molar-refractivity contribution in [1.29, 1.82) is 0 Å². The molecular weight excluding hydrogens is 579 g/mol. The number of aliphatic imine (C=N–C) groups is 1. The Bertz CT molecular complexity index is 1180. The van der Waals surface area contributed by atoms with E-state index >= 15 is 0 Å². The first-order valence-electron chi connectivity index (χ1n) is 12.1. The van der Waals surface area contributed by atoms with Crippen LogP contribution in [0.15, 0.2) is 57.9 Å². The Labute approximate surface area is 235 Å². The molecule has 3 N–H and O–H groups in total. The Morgan fingerprint density at radius 3 is 2.38 bits per heavy atom. The minimum atomic E-state index is -1.16. The number of aromatic nitrogens is 1. The highest BCUT2D eigenvalue weighted by atomic mass is 79.9. The molecule has 3 rings (SSSR count). The number of ketones is 1. The first-order chi connectivity index (χ1) is 17.6. The van der Waals surface area contributed by atoms with Crippen molar-refractivity contribution in [2.24, 2.45) is 16.6 Å². The van der Waals surface area contributed by atoms with E-state index in [1.165, 1.54) is 23.5 Å². The van der Waals surface area contributed by atoms with Gasteiger partial charge in [0.1, 0.15) is 5.78 Å². The number of nitrogens with two attached hydrogens (primary N) is 1. The maximum atomic E-state index is 13.8. The number of halogens is 3. The number of aliphatic hydroxyl groups excluding tert-OH is 1. The minimum absolute atomic E-state index is 0.0232. The standard InChI is InChI=1S/C27H31BrCl2N4O3/c1-16(33-20-9-7-18(8-10-20)17(2)35)21(11-31)27(37)34(14-19-5-3-4-6-22(19)28)15-25(36)26-23(29)12-32-13-24(26)30/h3-6,11-13,18,20,25,36H,7-10,14-15,31H2,1-2H3. The molecule has 1 fully saturated rings. The third-order valence-corrected chi connectivity index (χ3v) is 8.03. The van der Waals surface area contributed by atoms with Crippen LogP contribution in [0.1, 0.15) is 56.8 Å². The summed E-state index contributed by atoms with van der Waals surface area (Å²) in [5, 5.41) is 11.5. The second kappa shape index (κ2) is 13.5. The van der Waals surface area contributed by atoms with Gasteiger partial charge in [0.25, 0.3) is 5.91 Å². The summed E-state index contributed by atoms with van der Waals surface area (Å²) in [4.78, 5) is 35.7. The van der Waals surface area contributed by atoms with Gasteiger partial charge < -0.3 is 15.7 Å². The number of nitrogens with zero attached hydrogens (tertiary/aromatic N) is 3. The molecule has 1 heterocycles. The highest BCUT2D eigenvalue weighted by Gasteiger charge is 2.28. The van der Waals surface area contributed by atoms with Gasteiger partial charge in [0.2, 0.25) is 0 Å². The van der Waals surface area contributed by atoms with Crippen LogP contribution in [0.4, 0.5) is 0 Å². The van der Waals surface area contributed by atoms with E-state index in [-0.39, 0.29) is 52.4 Å². The first-order valence-corrected chi connectivity index (χ1v) is 13.6. The fourth-order valence-corrected chi connectivity index (χ4v) is 5.59. The Balaban J connectivity index is 1.86. The molecule has 7 nitrogen and oxygen atoms in total. The number of carbonyl (C=O) groups is 2. The van der Waals surface area contributed by atoms with E-state index in [1.54, 1.807) is 13.8 Å². The lowest BCUT2D eigenvalue weighted by molar-refractivity contribution is -0.128. The number of benzene rings is 1. The van der Waals surface area contributed by atoms with Crippen LogP contribution in [-0.4, -0.2) is 45.0 Å². The van der Waals surface area contributed by atoms with Crippen molar-refractivity contribution in [3.63, 3.8) is 0 Å². The topological polar surface area (TPSA) is 109 Å². The van der Waals surface area contributed by atoms with Crippen molar-refractivity contribution in [3.05, 3.63) is 74.1 Å². The molecule has 1 unspecified atom stereocenters. The molecular formula is C27H31BrCl2N4O3. The molecule has 0 radical (unpaired) electrons. The van der Waals surface area contributed by atoms with Gasteiger partial charge in [-0.15, -0.1) is 0 Å². The lowest BCUT2D eigenvalue weighted by atomic mass is 9.84. The van der Waals surface area contributed by atoms with E-state index in [0.29, 0.717) is 11.3 Å². The van der Waals surface area contributed by atoms with Crippen LogP contribution in [0.5, 0.6) is 0 Å². The van der Waals surface area contributed by atoms with Crippen LogP contribution in [0.2, 0.25) is 10.0 Å². The van der Waals surface area contributed by atoms with E-state index in [1.807, 2.05) is 24.3 Å². The average molecular weight is 610 g/mol. The number of carbonyl (C=O) groups excluding carboxylic acids is 2. The molecule has 1 aromatic heterocycles. The van der Waals surface area contributed by atoms with Gasteiger partial charge in [-0.2, -0.15) is 0 Å². The largest absolute Gasteiger partial charge is 0.404 e. The number of amides is 1. The van der Waals surface area contributed by atoms with Crippen LogP contribution < -0.4 is 5.73 Å². The zero-order chi connectivity index (χ0) is 27.1. The molecule has 1 saturated carbocycles. The quantitative estimate of drug-likeness (QED) is 0.281. The molecule has 1 atom stereocenters. The third kappa shape index (κ3) is 7.63. The zero-order valence-electron chi connectivity index (χ0n) is 20.8. The molecule has 37 heavy (non-hydrogen) atoms. The fourth-order valence-electron chi connectivity index (χ4n) is 4.56. The smallest absolute Gasteiger partial charge is 0.257 e. The van der Waals surface area contributed by atoms with E-state index in [2.05, 4.69) is 20.9 Å². The highest BCUT2D eigenvalue weighted by Crippen LogP contribution is 2.31. The van der Waals surface area contributed by atoms with Gasteiger partial charge in [-0.3, -0.25) is 19.6 Å². The van der Waals surface area contributed by atoms with Gasteiger partial charge in [0.15, 0.2) is 0 Å². The number of aliphatic hydroxyl groups is 1. The van der Waals surface area contributed by atoms with Gasteiger partial charge >= 0.3 is 0 Å². The molecule has 0 spiro atoms. The van der Waals surface area contributed by atoms with Gasteiger partial charge in [0, 0.05) is 46.8 Å².